The van der Waals surface area contributed by atoms with Crippen LogP contribution in [0.3, 0.4) is 0 Å². The molecule has 0 spiro atoms. The molecule has 0 atom stereocenters. The number of halogens is 1. The lowest BCUT2D eigenvalue weighted by molar-refractivity contribution is 0.288. The van der Waals surface area contributed by atoms with Crippen LogP contribution in [0.15, 0.2) is 30.6 Å². The number of hydrogen-bond donors (Lipinski definition) is 1. The standard InChI is InChI=1S/C15H18ClN3O/c1-19-7-6-17-15(19)10-20-14-5-2-12(16)8-11(14)9-18-13-3-4-13/h2,5-8,13,18H,3-4,9-10H2,1H3. The number of nitrogens with one attached hydrogen (secondary N) is 1. The number of rotatable bonds is 6. The maximum atomic E-state index is 6.07. The van der Waals surface area contributed by atoms with E-state index in [9.17, 15) is 0 Å². The summed E-state index contributed by atoms with van der Waals surface area (Å²) in [4.78, 5) is 4.26. The van der Waals surface area contributed by atoms with Crippen LogP contribution in [0.5, 0.6) is 5.75 Å². The molecule has 106 valence electrons. The number of hydrogen-bond acceptors (Lipinski definition) is 3. The van der Waals surface area contributed by atoms with Gasteiger partial charge in [0.05, 0.1) is 0 Å². The minimum Gasteiger partial charge on any atom is -0.485 e. The Morgan fingerprint density at radius 1 is 1.45 bits per heavy atom. The summed E-state index contributed by atoms with van der Waals surface area (Å²) in [5, 5.41) is 4.22. The van der Waals surface area contributed by atoms with E-state index in [0.717, 1.165) is 28.7 Å². The molecular formula is C15H18ClN3O. The van der Waals surface area contributed by atoms with Gasteiger partial charge in [-0.15, -0.1) is 0 Å². The molecule has 3 rings (SSSR count). The van der Waals surface area contributed by atoms with Crippen molar-refractivity contribution in [3.05, 3.63) is 47.0 Å². The molecule has 0 amide bonds. The van der Waals surface area contributed by atoms with Crippen molar-refractivity contribution in [3.63, 3.8) is 0 Å². The van der Waals surface area contributed by atoms with Gasteiger partial charge in [-0.2, -0.15) is 0 Å². The van der Waals surface area contributed by atoms with Crippen LogP contribution in [0.25, 0.3) is 0 Å². The molecule has 2 aromatic rings. The number of imidazole rings is 1. The van der Waals surface area contributed by atoms with E-state index in [-0.39, 0.29) is 0 Å². The highest BCUT2D eigenvalue weighted by molar-refractivity contribution is 6.30. The molecule has 1 aliphatic rings. The highest BCUT2D eigenvalue weighted by atomic mass is 35.5. The van der Waals surface area contributed by atoms with Crippen molar-refractivity contribution in [1.82, 2.24) is 14.9 Å². The zero-order valence-electron chi connectivity index (χ0n) is 11.5. The van der Waals surface area contributed by atoms with Gasteiger partial charge in [0.15, 0.2) is 0 Å². The van der Waals surface area contributed by atoms with Crippen molar-refractivity contribution < 1.29 is 4.74 Å². The fourth-order valence-electron chi connectivity index (χ4n) is 2.05. The molecule has 1 aromatic carbocycles. The number of benzene rings is 1. The van der Waals surface area contributed by atoms with Crippen molar-refractivity contribution >= 4 is 11.6 Å². The Labute approximate surface area is 123 Å². The van der Waals surface area contributed by atoms with E-state index in [1.54, 1.807) is 6.20 Å². The van der Waals surface area contributed by atoms with Crippen LogP contribution >= 0.6 is 11.6 Å². The summed E-state index contributed by atoms with van der Waals surface area (Å²) in [5.74, 6) is 1.77. The third kappa shape index (κ3) is 3.32. The van der Waals surface area contributed by atoms with E-state index < -0.39 is 0 Å². The molecule has 1 heterocycles. The summed E-state index contributed by atoms with van der Waals surface area (Å²) in [5.41, 5.74) is 1.10. The predicted molar refractivity (Wildman–Crippen MR) is 78.9 cm³/mol. The summed E-state index contributed by atoms with van der Waals surface area (Å²) in [6.07, 6.45) is 6.22. The average Bonchev–Trinajstić information content (AvgIpc) is 3.18. The molecule has 20 heavy (non-hydrogen) atoms. The van der Waals surface area contributed by atoms with E-state index in [1.807, 2.05) is 36.0 Å². The lowest BCUT2D eigenvalue weighted by Crippen LogP contribution is -2.16. The normalized spacial score (nSPS) is 14.5. The Morgan fingerprint density at radius 2 is 2.30 bits per heavy atom. The summed E-state index contributed by atoms with van der Waals surface area (Å²) < 4.78 is 7.84. The largest absolute Gasteiger partial charge is 0.485 e. The summed E-state index contributed by atoms with van der Waals surface area (Å²) >= 11 is 6.07. The van der Waals surface area contributed by atoms with Gasteiger partial charge in [-0.1, -0.05) is 11.6 Å². The third-order valence-electron chi connectivity index (χ3n) is 3.46. The van der Waals surface area contributed by atoms with Crippen LogP contribution in [0.4, 0.5) is 0 Å². The van der Waals surface area contributed by atoms with Crippen molar-refractivity contribution in [2.75, 3.05) is 0 Å². The minimum atomic E-state index is 0.460. The van der Waals surface area contributed by atoms with Gasteiger partial charge in [0.25, 0.3) is 0 Å². The summed E-state index contributed by atoms with van der Waals surface area (Å²) in [6.45, 7) is 1.25. The third-order valence-corrected chi connectivity index (χ3v) is 3.69. The van der Waals surface area contributed by atoms with Crippen molar-refractivity contribution in [2.45, 2.75) is 32.0 Å². The molecule has 0 saturated heterocycles. The minimum absolute atomic E-state index is 0.460. The summed E-state index contributed by atoms with van der Waals surface area (Å²) in [6, 6.07) is 6.41. The van der Waals surface area contributed by atoms with Gasteiger partial charge < -0.3 is 14.6 Å². The first-order valence-electron chi connectivity index (χ1n) is 6.83. The molecule has 5 heteroatoms. The second kappa shape index (κ2) is 5.85. The van der Waals surface area contributed by atoms with E-state index in [1.165, 1.54) is 12.8 Å². The van der Waals surface area contributed by atoms with Gasteiger partial charge in [0.1, 0.15) is 18.2 Å². The average molecular weight is 292 g/mol. The SMILES string of the molecule is Cn1ccnc1COc1ccc(Cl)cc1CNC1CC1. The molecule has 1 N–H and O–H groups in total. The van der Waals surface area contributed by atoms with E-state index in [0.29, 0.717) is 12.6 Å². The van der Waals surface area contributed by atoms with Crippen LogP contribution in [-0.4, -0.2) is 15.6 Å². The maximum absolute atomic E-state index is 6.07. The molecular weight excluding hydrogens is 274 g/mol. The smallest absolute Gasteiger partial charge is 0.146 e. The van der Waals surface area contributed by atoms with Crippen molar-refractivity contribution in [2.24, 2.45) is 7.05 Å². The monoisotopic (exact) mass is 291 g/mol. The zero-order valence-corrected chi connectivity index (χ0v) is 12.2. The molecule has 1 aromatic heterocycles. The highest BCUT2D eigenvalue weighted by Crippen LogP contribution is 2.26. The molecule has 1 saturated carbocycles. The van der Waals surface area contributed by atoms with Crippen LogP contribution in [0.1, 0.15) is 24.2 Å². The van der Waals surface area contributed by atoms with Crippen LogP contribution in [0.2, 0.25) is 5.02 Å². The lowest BCUT2D eigenvalue weighted by atomic mass is 10.2. The fraction of sp³-hybridized carbons (Fsp3) is 0.400. The van der Waals surface area contributed by atoms with Gasteiger partial charge in [0, 0.05) is 42.6 Å². The van der Waals surface area contributed by atoms with Crippen molar-refractivity contribution in [1.29, 1.82) is 0 Å². The number of nitrogens with zero attached hydrogens (tertiary/aromatic N) is 2. The predicted octanol–water partition coefficient (Wildman–Crippen LogP) is 2.90. The molecule has 1 fully saturated rings. The Balaban J connectivity index is 1.68. The number of aryl methyl sites for hydroxylation is 1. The van der Waals surface area contributed by atoms with Gasteiger partial charge >= 0.3 is 0 Å². The van der Waals surface area contributed by atoms with Crippen LogP contribution in [-0.2, 0) is 20.2 Å². The zero-order chi connectivity index (χ0) is 13.9. The van der Waals surface area contributed by atoms with Crippen LogP contribution in [0, 0.1) is 0 Å². The Kier molecular flexibility index (Phi) is 3.94. The summed E-state index contributed by atoms with van der Waals surface area (Å²) in [7, 11) is 1.96. The molecule has 0 radical (unpaired) electrons. The number of aromatic nitrogens is 2. The van der Waals surface area contributed by atoms with Gasteiger partial charge in [0.2, 0.25) is 0 Å². The van der Waals surface area contributed by atoms with E-state index in [4.69, 9.17) is 16.3 Å². The fourth-order valence-corrected chi connectivity index (χ4v) is 2.24. The molecule has 1 aliphatic carbocycles. The number of ether oxygens (including phenoxy) is 1. The first kappa shape index (κ1) is 13.5. The van der Waals surface area contributed by atoms with Gasteiger partial charge in [-0.3, -0.25) is 0 Å². The first-order chi connectivity index (χ1) is 9.72. The second-order valence-corrected chi connectivity index (χ2v) is 5.59. The van der Waals surface area contributed by atoms with E-state index in [2.05, 4.69) is 10.3 Å². The topological polar surface area (TPSA) is 39.1 Å². The first-order valence-corrected chi connectivity index (χ1v) is 7.21. The Bertz CT molecular complexity index is 593. The van der Waals surface area contributed by atoms with Crippen LogP contribution < -0.4 is 10.1 Å². The van der Waals surface area contributed by atoms with E-state index >= 15 is 0 Å². The molecule has 4 nitrogen and oxygen atoms in total. The maximum Gasteiger partial charge on any atom is 0.146 e. The molecule has 0 unspecified atom stereocenters. The Morgan fingerprint density at radius 3 is 3.00 bits per heavy atom. The molecule has 0 bridgehead atoms. The second-order valence-electron chi connectivity index (χ2n) is 5.15. The lowest BCUT2D eigenvalue weighted by Gasteiger charge is -2.12. The molecule has 0 aliphatic heterocycles. The van der Waals surface area contributed by atoms with Crippen molar-refractivity contribution in [3.8, 4) is 5.75 Å². The highest BCUT2D eigenvalue weighted by Gasteiger charge is 2.20. The van der Waals surface area contributed by atoms with Gasteiger partial charge in [-0.25, -0.2) is 4.98 Å². The quantitative estimate of drug-likeness (QED) is 0.889. The Hall–Kier alpha value is -1.52. The van der Waals surface area contributed by atoms with Gasteiger partial charge in [-0.05, 0) is 31.0 Å².